The average molecular weight is 349 g/mol. The second kappa shape index (κ2) is 6.14. The molecule has 0 radical (unpaired) electrons. The maximum atomic E-state index is 12.6. The zero-order valence-electron chi connectivity index (χ0n) is 13.8. The molecule has 0 fully saturated rings. The zero-order valence-corrected chi connectivity index (χ0v) is 14.6. The van der Waals surface area contributed by atoms with Crippen molar-refractivity contribution in [2.24, 2.45) is 0 Å². The van der Waals surface area contributed by atoms with E-state index < -0.39 is 0 Å². The van der Waals surface area contributed by atoms with Gasteiger partial charge in [0.1, 0.15) is 5.75 Å². The molecule has 0 saturated carbocycles. The number of ether oxygens (including phenoxy) is 1. The van der Waals surface area contributed by atoms with E-state index in [9.17, 15) is 4.79 Å². The fraction of sp³-hybridized carbons (Fsp3) is 0.105. The summed E-state index contributed by atoms with van der Waals surface area (Å²) in [4.78, 5) is 17.7. The van der Waals surface area contributed by atoms with E-state index in [2.05, 4.69) is 10.1 Å². The standard InChI is InChI=1S/C19H15N3O2S/c1-12-6-8-14(9-7-12)17-20-19-22(21-17)18(23)16(25-19)11-13-4-3-5-15(10-13)24-2/h3-11H,1-2H3/b16-11+. The quantitative estimate of drug-likeness (QED) is 0.571. The molecule has 5 nitrogen and oxygen atoms in total. The van der Waals surface area contributed by atoms with Gasteiger partial charge in [-0.25, -0.2) is 0 Å². The molecule has 25 heavy (non-hydrogen) atoms. The molecule has 0 saturated heterocycles. The Morgan fingerprint density at radius 3 is 2.68 bits per heavy atom. The van der Waals surface area contributed by atoms with Gasteiger partial charge < -0.3 is 4.74 Å². The SMILES string of the molecule is COc1cccc(/C=c2/sc3nc(-c4ccc(C)cc4)nn3c2=O)c1. The third kappa shape index (κ3) is 2.92. The number of hydrogen-bond acceptors (Lipinski definition) is 5. The second-order valence-corrected chi connectivity index (χ2v) is 6.70. The Balaban J connectivity index is 1.79. The van der Waals surface area contributed by atoms with E-state index in [-0.39, 0.29) is 5.56 Å². The van der Waals surface area contributed by atoms with Gasteiger partial charge in [-0.2, -0.15) is 9.50 Å². The Morgan fingerprint density at radius 1 is 1.16 bits per heavy atom. The van der Waals surface area contributed by atoms with Gasteiger partial charge in [0.15, 0.2) is 5.82 Å². The van der Waals surface area contributed by atoms with Gasteiger partial charge in [-0.3, -0.25) is 4.79 Å². The summed E-state index contributed by atoms with van der Waals surface area (Å²) in [7, 11) is 1.62. The lowest BCUT2D eigenvalue weighted by molar-refractivity contribution is 0.414. The fourth-order valence-corrected chi connectivity index (χ4v) is 3.45. The number of methoxy groups -OCH3 is 1. The Hall–Kier alpha value is -2.99. The summed E-state index contributed by atoms with van der Waals surface area (Å²) in [5.74, 6) is 1.32. The molecule has 0 unspecified atom stereocenters. The molecule has 2 aromatic carbocycles. The summed E-state index contributed by atoms with van der Waals surface area (Å²) in [6.07, 6.45) is 1.83. The van der Waals surface area contributed by atoms with Crippen LogP contribution < -0.4 is 14.8 Å². The lowest BCUT2D eigenvalue weighted by Crippen LogP contribution is -2.23. The molecule has 0 N–H and O–H groups in total. The normalized spacial score (nSPS) is 12.0. The van der Waals surface area contributed by atoms with E-state index in [0.29, 0.717) is 15.3 Å². The molecule has 0 aliphatic heterocycles. The molecular formula is C19H15N3O2S. The minimum Gasteiger partial charge on any atom is -0.497 e. The first-order chi connectivity index (χ1) is 12.1. The van der Waals surface area contributed by atoms with Crippen molar-refractivity contribution in [3.8, 4) is 17.1 Å². The van der Waals surface area contributed by atoms with Crippen LogP contribution in [-0.2, 0) is 0 Å². The Bertz CT molecular complexity index is 1160. The van der Waals surface area contributed by atoms with E-state index in [1.54, 1.807) is 7.11 Å². The molecule has 0 bridgehead atoms. The van der Waals surface area contributed by atoms with Crippen molar-refractivity contribution < 1.29 is 4.74 Å². The van der Waals surface area contributed by atoms with Crippen molar-refractivity contribution in [2.75, 3.05) is 7.11 Å². The number of hydrogen-bond donors (Lipinski definition) is 0. The molecule has 2 heterocycles. The smallest absolute Gasteiger partial charge is 0.291 e. The molecular weight excluding hydrogens is 334 g/mol. The van der Waals surface area contributed by atoms with E-state index in [0.717, 1.165) is 16.9 Å². The van der Waals surface area contributed by atoms with Gasteiger partial charge in [0.25, 0.3) is 5.56 Å². The van der Waals surface area contributed by atoms with Crippen molar-refractivity contribution in [3.63, 3.8) is 0 Å². The van der Waals surface area contributed by atoms with Crippen LogP contribution in [0.25, 0.3) is 22.4 Å². The molecule has 0 amide bonds. The minimum atomic E-state index is -0.159. The van der Waals surface area contributed by atoms with E-state index in [1.807, 2.05) is 61.5 Å². The van der Waals surface area contributed by atoms with Crippen LogP contribution in [0, 0.1) is 6.92 Å². The second-order valence-electron chi connectivity index (χ2n) is 5.69. The van der Waals surface area contributed by atoms with Crippen LogP contribution in [0.2, 0.25) is 0 Å². The third-order valence-corrected chi connectivity index (χ3v) is 4.84. The van der Waals surface area contributed by atoms with Gasteiger partial charge in [-0.15, -0.1) is 5.10 Å². The highest BCUT2D eigenvalue weighted by Gasteiger charge is 2.11. The largest absolute Gasteiger partial charge is 0.497 e. The van der Waals surface area contributed by atoms with Gasteiger partial charge >= 0.3 is 0 Å². The minimum absolute atomic E-state index is 0.159. The van der Waals surface area contributed by atoms with Crippen LogP contribution in [0.15, 0.2) is 53.3 Å². The number of benzene rings is 2. The molecule has 0 aliphatic rings. The Labute approximate surface area is 147 Å². The van der Waals surface area contributed by atoms with Gasteiger partial charge in [-0.1, -0.05) is 53.3 Å². The van der Waals surface area contributed by atoms with Gasteiger partial charge in [0.2, 0.25) is 4.96 Å². The van der Waals surface area contributed by atoms with Crippen LogP contribution in [0.3, 0.4) is 0 Å². The number of aromatic nitrogens is 3. The monoisotopic (exact) mass is 349 g/mol. The zero-order chi connectivity index (χ0) is 17.4. The van der Waals surface area contributed by atoms with Crippen LogP contribution in [0.5, 0.6) is 5.75 Å². The highest BCUT2D eigenvalue weighted by Crippen LogP contribution is 2.17. The number of fused-ring (bicyclic) bond motifs is 1. The molecule has 2 aromatic heterocycles. The van der Waals surface area contributed by atoms with Crippen LogP contribution >= 0.6 is 11.3 Å². The topological polar surface area (TPSA) is 56.5 Å². The summed E-state index contributed by atoms with van der Waals surface area (Å²) in [5.41, 5.74) is 2.82. The Morgan fingerprint density at radius 2 is 1.96 bits per heavy atom. The van der Waals surface area contributed by atoms with E-state index in [1.165, 1.54) is 21.4 Å². The highest BCUT2D eigenvalue weighted by molar-refractivity contribution is 7.15. The van der Waals surface area contributed by atoms with Crippen molar-refractivity contribution in [3.05, 3.63) is 74.5 Å². The van der Waals surface area contributed by atoms with Crippen LogP contribution in [0.4, 0.5) is 0 Å². The maximum absolute atomic E-state index is 12.6. The summed E-state index contributed by atoms with van der Waals surface area (Å²) in [6.45, 7) is 2.03. The first-order valence-corrected chi connectivity index (χ1v) is 8.58. The number of thiazole rings is 1. The van der Waals surface area contributed by atoms with E-state index >= 15 is 0 Å². The van der Waals surface area contributed by atoms with E-state index in [4.69, 9.17) is 4.74 Å². The molecule has 4 aromatic rings. The highest BCUT2D eigenvalue weighted by atomic mass is 32.1. The molecule has 6 heteroatoms. The average Bonchev–Trinajstić information content (AvgIpc) is 3.16. The van der Waals surface area contributed by atoms with Crippen molar-refractivity contribution in [2.45, 2.75) is 6.92 Å². The predicted molar refractivity (Wildman–Crippen MR) is 99.1 cm³/mol. The van der Waals surface area contributed by atoms with Crippen LogP contribution in [0.1, 0.15) is 11.1 Å². The number of nitrogens with zero attached hydrogens (tertiary/aromatic N) is 3. The van der Waals surface area contributed by atoms with Gasteiger partial charge in [0.05, 0.1) is 11.6 Å². The molecule has 0 spiro atoms. The lowest BCUT2D eigenvalue weighted by Gasteiger charge is -1.99. The lowest BCUT2D eigenvalue weighted by atomic mass is 10.1. The van der Waals surface area contributed by atoms with Crippen LogP contribution in [-0.4, -0.2) is 21.7 Å². The molecule has 124 valence electrons. The Kier molecular flexibility index (Phi) is 3.82. The number of aryl methyl sites for hydroxylation is 1. The third-order valence-electron chi connectivity index (χ3n) is 3.88. The van der Waals surface area contributed by atoms with Gasteiger partial charge in [0, 0.05) is 5.56 Å². The van der Waals surface area contributed by atoms with Gasteiger partial charge in [-0.05, 0) is 30.7 Å². The van der Waals surface area contributed by atoms with Crippen molar-refractivity contribution in [1.29, 1.82) is 0 Å². The number of rotatable bonds is 3. The molecule has 0 atom stereocenters. The fourth-order valence-electron chi connectivity index (χ4n) is 2.54. The molecule has 0 aliphatic carbocycles. The summed E-state index contributed by atoms with van der Waals surface area (Å²) < 4.78 is 7.18. The summed E-state index contributed by atoms with van der Waals surface area (Å²) in [6, 6.07) is 15.5. The predicted octanol–water partition coefficient (Wildman–Crippen LogP) is 2.68. The maximum Gasteiger partial charge on any atom is 0.291 e. The summed E-state index contributed by atoms with van der Waals surface area (Å²) in [5, 5.41) is 4.37. The van der Waals surface area contributed by atoms with Crippen molar-refractivity contribution in [1.82, 2.24) is 14.6 Å². The first kappa shape index (κ1) is 15.5. The first-order valence-electron chi connectivity index (χ1n) is 7.76. The molecule has 4 rings (SSSR count). The summed E-state index contributed by atoms with van der Waals surface area (Å²) >= 11 is 1.33. The van der Waals surface area contributed by atoms with Crippen molar-refractivity contribution >= 4 is 22.4 Å².